The maximum Gasteiger partial charge on any atom is 0.416 e. The number of amides is 1. The highest BCUT2D eigenvalue weighted by atomic mass is 19.4. The number of alkyl halides is 3. The fourth-order valence-electron chi connectivity index (χ4n) is 5.29. The zero-order valence-corrected chi connectivity index (χ0v) is 16.7. The van der Waals surface area contributed by atoms with Crippen LogP contribution in [0.25, 0.3) is 0 Å². The summed E-state index contributed by atoms with van der Waals surface area (Å²) in [6, 6.07) is 5.90. The molecule has 2 atom stereocenters. The van der Waals surface area contributed by atoms with Crippen LogP contribution in [0.15, 0.2) is 35.6 Å². The molecule has 1 amide bonds. The average Bonchev–Trinajstić information content (AvgIpc) is 3.39. The highest BCUT2D eigenvalue weighted by molar-refractivity contribution is 5.92. The summed E-state index contributed by atoms with van der Waals surface area (Å²) < 4.78 is 41.9. The number of likely N-dealkylation sites (tertiary alicyclic amines) is 1. The van der Waals surface area contributed by atoms with Crippen LogP contribution in [-0.4, -0.2) is 39.3 Å². The van der Waals surface area contributed by atoms with E-state index in [1.54, 1.807) is 23.0 Å². The minimum atomic E-state index is -4.34. The van der Waals surface area contributed by atoms with E-state index in [1.165, 1.54) is 12.1 Å². The molecule has 3 heterocycles. The molecule has 0 N–H and O–H groups in total. The third kappa shape index (κ3) is 3.32. The van der Waals surface area contributed by atoms with E-state index in [2.05, 4.69) is 10.1 Å². The monoisotopic (exact) mass is 416 g/mol. The molecule has 2 aromatic rings. The Morgan fingerprint density at radius 3 is 2.50 bits per heavy atom. The molecule has 2 unspecified atom stereocenters. The smallest absolute Gasteiger partial charge is 0.337 e. The van der Waals surface area contributed by atoms with E-state index in [9.17, 15) is 18.0 Å². The van der Waals surface area contributed by atoms with Crippen molar-refractivity contribution in [3.63, 3.8) is 0 Å². The van der Waals surface area contributed by atoms with E-state index in [-0.39, 0.29) is 23.7 Å². The number of aryl methyl sites for hydroxylation is 1. The van der Waals surface area contributed by atoms with E-state index in [1.807, 2.05) is 11.8 Å². The molecule has 1 aromatic heterocycles. The van der Waals surface area contributed by atoms with Crippen LogP contribution in [0.1, 0.15) is 59.5 Å². The standard InChI is InChI=1S/C22H23F3N4O/c1-13-6-7-20-26-19(12-29(20)27-13)21(30)28-10-15-8-14(9-16(15)11-28)17-4-2-3-5-18(17)22(23,24)25/h2-5,12,14-16H,6-11H2,1H3. The maximum absolute atomic E-state index is 13.4. The quantitative estimate of drug-likeness (QED) is 0.731. The van der Waals surface area contributed by atoms with Gasteiger partial charge in [-0.15, -0.1) is 0 Å². The summed E-state index contributed by atoms with van der Waals surface area (Å²) in [6.45, 7) is 3.12. The normalized spacial score (nSPS) is 25.8. The van der Waals surface area contributed by atoms with Crippen LogP contribution in [0, 0.1) is 11.8 Å². The summed E-state index contributed by atoms with van der Waals surface area (Å²) in [5.74, 6) is 1.06. The highest BCUT2D eigenvalue weighted by Crippen LogP contribution is 2.49. The minimum absolute atomic E-state index is 0.104. The molecule has 3 aliphatic rings. The van der Waals surface area contributed by atoms with Crippen LogP contribution in [-0.2, 0) is 12.6 Å². The third-order valence-corrected chi connectivity index (χ3v) is 6.71. The van der Waals surface area contributed by atoms with Gasteiger partial charge in [0.25, 0.3) is 5.91 Å². The first-order valence-electron chi connectivity index (χ1n) is 10.4. The van der Waals surface area contributed by atoms with E-state index in [4.69, 9.17) is 0 Å². The molecule has 5 nitrogen and oxygen atoms in total. The first-order valence-corrected chi connectivity index (χ1v) is 10.4. The summed E-state index contributed by atoms with van der Waals surface area (Å²) >= 11 is 0. The molecule has 1 saturated carbocycles. The SMILES string of the molecule is CC1=Nn2cc(C(=O)N3CC4CC(c5ccccc5C(F)(F)F)CC4C3)nc2CC1. The molecule has 158 valence electrons. The number of nitrogens with zero attached hydrogens (tertiary/aromatic N) is 4. The Bertz CT molecular complexity index is 1010. The van der Waals surface area contributed by atoms with Crippen molar-refractivity contribution < 1.29 is 18.0 Å². The van der Waals surface area contributed by atoms with Crippen molar-refractivity contribution in [3.05, 3.63) is 53.1 Å². The van der Waals surface area contributed by atoms with Crippen molar-refractivity contribution in [2.45, 2.75) is 44.7 Å². The molecule has 1 aromatic carbocycles. The molecule has 1 aliphatic carbocycles. The Hall–Kier alpha value is -2.64. The lowest BCUT2D eigenvalue weighted by molar-refractivity contribution is -0.138. The van der Waals surface area contributed by atoms with Gasteiger partial charge in [-0.25, -0.2) is 9.66 Å². The number of halogens is 3. The summed E-state index contributed by atoms with van der Waals surface area (Å²) in [4.78, 5) is 19.2. The van der Waals surface area contributed by atoms with E-state index < -0.39 is 11.7 Å². The molecule has 30 heavy (non-hydrogen) atoms. The molecule has 2 aliphatic heterocycles. The van der Waals surface area contributed by atoms with Gasteiger partial charge in [-0.3, -0.25) is 4.79 Å². The second-order valence-corrected chi connectivity index (χ2v) is 8.71. The van der Waals surface area contributed by atoms with Crippen molar-refractivity contribution in [2.75, 3.05) is 13.1 Å². The Kier molecular flexibility index (Phi) is 4.48. The number of benzene rings is 1. The second kappa shape index (κ2) is 6.96. The maximum atomic E-state index is 13.4. The number of imidazole rings is 1. The first-order chi connectivity index (χ1) is 14.3. The number of fused-ring (bicyclic) bond motifs is 2. The van der Waals surface area contributed by atoms with Gasteiger partial charge < -0.3 is 4.90 Å². The van der Waals surface area contributed by atoms with E-state index >= 15 is 0 Å². The summed E-state index contributed by atoms with van der Waals surface area (Å²) in [5.41, 5.74) is 1.29. The fourth-order valence-corrected chi connectivity index (χ4v) is 5.29. The van der Waals surface area contributed by atoms with Crippen LogP contribution in [0.4, 0.5) is 13.2 Å². The third-order valence-electron chi connectivity index (χ3n) is 6.71. The van der Waals surface area contributed by atoms with Crippen LogP contribution in [0.3, 0.4) is 0 Å². The minimum Gasteiger partial charge on any atom is -0.337 e. The van der Waals surface area contributed by atoms with Gasteiger partial charge in [0.15, 0.2) is 0 Å². The molecular formula is C22H23F3N4O. The Morgan fingerprint density at radius 1 is 1.10 bits per heavy atom. The molecule has 5 rings (SSSR count). The highest BCUT2D eigenvalue weighted by Gasteiger charge is 2.45. The zero-order chi connectivity index (χ0) is 21.0. The largest absolute Gasteiger partial charge is 0.416 e. The van der Waals surface area contributed by atoms with Crippen molar-refractivity contribution in [1.82, 2.24) is 14.6 Å². The van der Waals surface area contributed by atoms with E-state index in [0.717, 1.165) is 24.4 Å². The van der Waals surface area contributed by atoms with Crippen LogP contribution in [0.2, 0.25) is 0 Å². The topological polar surface area (TPSA) is 50.5 Å². The number of carbonyl (C=O) groups excluding carboxylic acids is 1. The first kappa shape index (κ1) is 19.3. The van der Waals surface area contributed by atoms with Gasteiger partial charge in [-0.2, -0.15) is 18.3 Å². The van der Waals surface area contributed by atoms with Crippen molar-refractivity contribution in [2.24, 2.45) is 16.9 Å². The molecule has 0 radical (unpaired) electrons. The zero-order valence-electron chi connectivity index (χ0n) is 16.7. The van der Waals surface area contributed by atoms with Crippen LogP contribution >= 0.6 is 0 Å². The molecule has 8 heteroatoms. The number of aromatic nitrogens is 2. The van der Waals surface area contributed by atoms with Gasteiger partial charge in [0.2, 0.25) is 0 Å². The van der Waals surface area contributed by atoms with Crippen molar-refractivity contribution in [3.8, 4) is 0 Å². The Morgan fingerprint density at radius 2 is 1.80 bits per heavy atom. The number of rotatable bonds is 2. The van der Waals surface area contributed by atoms with Gasteiger partial charge in [0, 0.05) is 25.2 Å². The lowest BCUT2D eigenvalue weighted by Gasteiger charge is -2.21. The molecule has 1 saturated heterocycles. The molecule has 0 bridgehead atoms. The lowest BCUT2D eigenvalue weighted by atomic mass is 9.91. The van der Waals surface area contributed by atoms with Gasteiger partial charge in [-0.05, 0) is 55.6 Å². The second-order valence-electron chi connectivity index (χ2n) is 8.71. The number of hydrogen-bond donors (Lipinski definition) is 0. The van der Waals surface area contributed by atoms with Crippen LogP contribution in [0.5, 0.6) is 0 Å². The predicted octanol–water partition coefficient (Wildman–Crippen LogP) is 4.34. The summed E-state index contributed by atoms with van der Waals surface area (Å²) in [6.07, 6.45) is 0.344. The van der Waals surface area contributed by atoms with Gasteiger partial charge >= 0.3 is 6.18 Å². The van der Waals surface area contributed by atoms with Crippen molar-refractivity contribution >= 4 is 11.6 Å². The van der Waals surface area contributed by atoms with Gasteiger partial charge in [0.05, 0.1) is 11.8 Å². The Balaban J connectivity index is 1.29. The van der Waals surface area contributed by atoms with Crippen LogP contribution < -0.4 is 0 Å². The number of hydrogen-bond acceptors (Lipinski definition) is 3. The summed E-state index contributed by atoms with van der Waals surface area (Å²) in [5, 5.41) is 4.41. The predicted molar refractivity (Wildman–Crippen MR) is 105 cm³/mol. The molecule has 2 fully saturated rings. The summed E-state index contributed by atoms with van der Waals surface area (Å²) in [7, 11) is 0. The fraction of sp³-hybridized carbons (Fsp3) is 0.500. The Labute approximate surface area is 172 Å². The van der Waals surface area contributed by atoms with Crippen molar-refractivity contribution in [1.29, 1.82) is 0 Å². The average molecular weight is 416 g/mol. The number of carbonyl (C=O) groups is 1. The lowest BCUT2D eigenvalue weighted by Crippen LogP contribution is -2.30. The molecular weight excluding hydrogens is 393 g/mol. The van der Waals surface area contributed by atoms with Gasteiger partial charge in [0.1, 0.15) is 11.5 Å². The molecule has 0 spiro atoms. The van der Waals surface area contributed by atoms with Gasteiger partial charge in [-0.1, -0.05) is 18.2 Å². The van der Waals surface area contributed by atoms with E-state index in [0.29, 0.717) is 37.2 Å².